The van der Waals surface area contributed by atoms with E-state index in [0.717, 1.165) is 25.1 Å². The van der Waals surface area contributed by atoms with Crippen LogP contribution in [0.25, 0.3) is 0 Å². The zero-order valence-electron chi connectivity index (χ0n) is 10.1. The highest BCUT2D eigenvalue weighted by Gasteiger charge is 2.08. The van der Waals surface area contributed by atoms with Crippen molar-refractivity contribution in [3.8, 4) is 0 Å². The minimum Gasteiger partial charge on any atom is -0.382 e. The highest BCUT2D eigenvalue weighted by molar-refractivity contribution is 5.48. The number of aromatic nitrogens is 1. The zero-order chi connectivity index (χ0) is 12.7. The Hall–Kier alpha value is -1.69. The molecule has 1 heterocycles. The molecule has 1 aromatic heterocycles. The van der Waals surface area contributed by atoms with Crippen LogP contribution >= 0.6 is 0 Å². The van der Waals surface area contributed by atoms with Crippen LogP contribution in [0.1, 0.15) is 18.9 Å². The SMILES string of the molecule is CCOCCCNc1ncc([N+](=O)[O-])cc1C. The summed E-state index contributed by atoms with van der Waals surface area (Å²) < 4.78 is 5.20. The van der Waals surface area contributed by atoms with Crippen LogP contribution in [0.2, 0.25) is 0 Å². The largest absolute Gasteiger partial charge is 0.382 e. The fourth-order valence-electron chi connectivity index (χ4n) is 1.37. The van der Waals surface area contributed by atoms with Gasteiger partial charge in [0.1, 0.15) is 12.0 Å². The quantitative estimate of drug-likeness (QED) is 0.448. The van der Waals surface area contributed by atoms with Gasteiger partial charge >= 0.3 is 0 Å². The standard InChI is InChI=1S/C11H17N3O3/c1-3-17-6-4-5-12-11-9(2)7-10(8-13-11)14(15)16/h7-8H,3-6H2,1-2H3,(H,12,13). The van der Waals surface area contributed by atoms with Gasteiger partial charge in [-0.3, -0.25) is 10.1 Å². The molecular formula is C11H17N3O3. The third-order valence-electron chi connectivity index (χ3n) is 2.24. The molecule has 0 saturated carbocycles. The average molecular weight is 239 g/mol. The molecular weight excluding hydrogens is 222 g/mol. The maximum absolute atomic E-state index is 10.5. The van der Waals surface area contributed by atoms with Crippen molar-refractivity contribution < 1.29 is 9.66 Å². The minimum atomic E-state index is -0.446. The van der Waals surface area contributed by atoms with Crippen molar-refractivity contribution in [1.82, 2.24) is 4.98 Å². The van der Waals surface area contributed by atoms with Gasteiger partial charge in [-0.05, 0) is 25.8 Å². The van der Waals surface area contributed by atoms with Crippen LogP contribution in [0.4, 0.5) is 11.5 Å². The molecule has 0 aliphatic carbocycles. The molecule has 94 valence electrons. The van der Waals surface area contributed by atoms with Crippen molar-refractivity contribution in [2.45, 2.75) is 20.3 Å². The lowest BCUT2D eigenvalue weighted by molar-refractivity contribution is -0.385. The maximum Gasteiger partial charge on any atom is 0.287 e. The summed E-state index contributed by atoms with van der Waals surface area (Å²) in [7, 11) is 0. The molecule has 6 nitrogen and oxygen atoms in total. The van der Waals surface area contributed by atoms with Gasteiger partial charge in [-0.1, -0.05) is 0 Å². The number of hydrogen-bond acceptors (Lipinski definition) is 5. The summed E-state index contributed by atoms with van der Waals surface area (Å²) in [6, 6.07) is 1.51. The average Bonchev–Trinajstić information content (AvgIpc) is 2.30. The highest BCUT2D eigenvalue weighted by atomic mass is 16.6. The second-order valence-electron chi connectivity index (χ2n) is 3.59. The fraction of sp³-hybridized carbons (Fsp3) is 0.545. The van der Waals surface area contributed by atoms with Crippen LogP contribution in [0, 0.1) is 17.0 Å². The number of anilines is 1. The summed E-state index contributed by atoms with van der Waals surface area (Å²) >= 11 is 0. The number of nitrogens with zero attached hydrogens (tertiary/aromatic N) is 2. The Balaban J connectivity index is 2.46. The number of aryl methyl sites for hydroxylation is 1. The van der Waals surface area contributed by atoms with Crippen LogP contribution in [0.15, 0.2) is 12.3 Å². The predicted octanol–water partition coefficient (Wildman–Crippen LogP) is 2.14. The molecule has 0 fully saturated rings. The van der Waals surface area contributed by atoms with Crippen molar-refractivity contribution in [1.29, 1.82) is 0 Å². The minimum absolute atomic E-state index is 0.0161. The van der Waals surface area contributed by atoms with E-state index in [1.165, 1.54) is 12.3 Å². The van der Waals surface area contributed by atoms with Crippen LogP contribution in [0.5, 0.6) is 0 Å². The summed E-state index contributed by atoms with van der Waals surface area (Å²) in [5, 5.41) is 13.6. The van der Waals surface area contributed by atoms with Crippen molar-refractivity contribution in [3.63, 3.8) is 0 Å². The Morgan fingerprint density at radius 3 is 2.94 bits per heavy atom. The molecule has 0 aromatic carbocycles. The van der Waals surface area contributed by atoms with E-state index in [1.54, 1.807) is 6.92 Å². The first-order valence-electron chi connectivity index (χ1n) is 5.57. The first-order chi connectivity index (χ1) is 8.15. The van der Waals surface area contributed by atoms with E-state index >= 15 is 0 Å². The molecule has 0 bridgehead atoms. The monoisotopic (exact) mass is 239 g/mol. The summed E-state index contributed by atoms with van der Waals surface area (Å²) in [4.78, 5) is 14.1. The van der Waals surface area contributed by atoms with E-state index in [-0.39, 0.29) is 5.69 Å². The lowest BCUT2D eigenvalue weighted by Gasteiger charge is -2.07. The summed E-state index contributed by atoms with van der Waals surface area (Å²) in [6.07, 6.45) is 2.14. The molecule has 17 heavy (non-hydrogen) atoms. The number of rotatable bonds is 7. The lowest BCUT2D eigenvalue weighted by atomic mass is 10.2. The molecule has 1 rings (SSSR count). The summed E-state index contributed by atoms with van der Waals surface area (Å²) in [5.41, 5.74) is 0.790. The topological polar surface area (TPSA) is 77.3 Å². The maximum atomic E-state index is 10.5. The Morgan fingerprint density at radius 2 is 2.35 bits per heavy atom. The highest BCUT2D eigenvalue weighted by Crippen LogP contribution is 2.17. The smallest absolute Gasteiger partial charge is 0.287 e. The molecule has 0 aliphatic heterocycles. The molecule has 0 saturated heterocycles. The molecule has 6 heteroatoms. The Labute approximate surface area is 100 Å². The summed E-state index contributed by atoms with van der Waals surface area (Å²) in [6.45, 7) is 5.91. The van der Waals surface area contributed by atoms with Crippen LogP contribution in [-0.4, -0.2) is 29.7 Å². The van der Waals surface area contributed by atoms with Gasteiger partial charge in [0.05, 0.1) is 4.92 Å². The molecule has 0 radical (unpaired) electrons. The number of nitrogens with one attached hydrogen (secondary N) is 1. The van der Waals surface area contributed by atoms with Gasteiger partial charge in [0.2, 0.25) is 0 Å². The lowest BCUT2D eigenvalue weighted by Crippen LogP contribution is -2.08. The number of nitro groups is 1. The molecule has 0 unspecified atom stereocenters. The Kier molecular flexibility index (Phi) is 5.35. The van der Waals surface area contributed by atoms with Gasteiger partial charge < -0.3 is 10.1 Å². The van der Waals surface area contributed by atoms with Gasteiger partial charge in [0.25, 0.3) is 5.69 Å². The van der Waals surface area contributed by atoms with E-state index < -0.39 is 4.92 Å². The normalized spacial score (nSPS) is 10.2. The third kappa shape index (κ3) is 4.36. The van der Waals surface area contributed by atoms with E-state index in [0.29, 0.717) is 12.4 Å². The van der Waals surface area contributed by atoms with E-state index in [2.05, 4.69) is 10.3 Å². The van der Waals surface area contributed by atoms with Gasteiger partial charge in [-0.2, -0.15) is 0 Å². The van der Waals surface area contributed by atoms with Crippen molar-refractivity contribution in [3.05, 3.63) is 27.9 Å². The zero-order valence-corrected chi connectivity index (χ0v) is 10.1. The van der Waals surface area contributed by atoms with E-state index in [1.807, 2.05) is 6.92 Å². The first-order valence-corrected chi connectivity index (χ1v) is 5.57. The van der Waals surface area contributed by atoms with E-state index in [4.69, 9.17) is 4.74 Å². The molecule has 0 atom stereocenters. The molecule has 1 N–H and O–H groups in total. The van der Waals surface area contributed by atoms with Gasteiger partial charge in [-0.25, -0.2) is 4.98 Å². The van der Waals surface area contributed by atoms with Gasteiger partial charge in [-0.15, -0.1) is 0 Å². The second kappa shape index (κ2) is 6.80. The first kappa shape index (κ1) is 13.4. The van der Waals surface area contributed by atoms with Crippen LogP contribution in [0.3, 0.4) is 0 Å². The van der Waals surface area contributed by atoms with Crippen LogP contribution in [-0.2, 0) is 4.74 Å². The molecule has 1 aromatic rings. The van der Waals surface area contributed by atoms with E-state index in [9.17, 15) is 10.1 Å². The number of hydrogen-bond donors (Lipinski definition) is 1. The predicted molar refractivity (Wildman–Crippen MR) is 65.2 cm³/mol. The molecule has 0 amide bonds. The summed E-state index contributed by atoms with van der Waals surface area (Å²) in [5.74, 6) is 0.687. The van der Waals surface area contributed by atoms with Gasteiger partial charge in [0, 0.05) is 25.8 Å². The second-order valence-corrected chi connectivity index (χ2v) is 3.59. The molecule has 0 aliphatic rings. The molecule has 0 spiro atoms. The van der Waals surface area contributed by atoms with Crippen LogP contribution < -0.4 is 5.32 Å². The fourth-order valence-corrected chi connectivity index (χ4v) is 1.37. The Bertz CT molecular complexity index is 382. The Morgan fingerprint density at radius 1 is 1.59 bits per heavy atom. The number of pyridine rings is 1. The third-order valence-corrected chi connectivity index (χ3v) is 2.24. The van der Waals surface area contributed by atoms with Crippen molar-refractivity contribution in [2.24, 2.45) is 0 Å². The number of ether oxygens (including phenoxy) is 1. The van der Waals surface area contributed by atoms with Crippen molar-refractivity contribution in [2.75, 3.05) is 25.1 Å². The van der Waals surface area contributed by atoms with Gasteiger partial charge in [0.15, 0.2) is 0 Å². The van der Waals surface area contributed by atoms with Crippen molar-refractivity contribution >= 4 is 11.5 Å².